The Morgan fingerprint density at radius 2 is 1.95 bits per heavy atom. The summed E-state index contributed by atoms with van der Waals surface area (Å²) in [5, 5.41) is 16.3. The van der Waals surface area contributed by atoms with Gasteiger partial charge < -0.3 is 14.6 Å². The maximum absolute atomic E-state index is 13.7. The summed E-state index contributed by atoms with van der Waals surface area (Å²) in [6.45, 7) is 2.23. The summed E-state index contributed by atoms with van der Waals surface area (Å²) in [4.78, 5) is 16.7. The van der Waals surface area contributed by atoms with Crippen LogP contribution in [-0.2, 0) is 40.2 Å². The van der Waals surface area contributed by atoms with Gasteiger partial charge >= 0.3 is 5.97 Å². The van der Waals surface area contributed by atoms with Gasteiger partial charge in [0.2, 0.25) is 0 Å². The van der Waals surface area contributed by atoms with E-state index in [0.717, 1.165) is 15.5 Å². The van der Waals surface area contributed by atoms with E-state index < -0.39 is 16.0 Å². The maximum Gasteiger partial charge on any atom is 0.307 e. The highest BCUT2D eigenvalue weighted by Crippen LogP contribution is 2.27. The molecule has 11 nitrogen and oxygen atoms in total. The molecule has 0 fully saturated rings. The molecule has 2 heterocycles. The molecule has 2 aromatic heterocycles. The molecular weight excluding hydrogens is 494 g/mol. The summed E-state index contributed by atoms with van der Waals surface area (Å²) in [7, 11) is -0.478. The Morgan fingerprint density at radius 1 is 1.19 bits per heavy atom. The van der Waals surface area contributed by atoms with Gasteiger partial charge in [-0.2, -0.15) is 10.4 Å². The number of nitrogens with one attached hydrogen (secondary N) is 1. The quantitative estimate of drug-likeness (QED) is 0.315. The lowest BCUT2D eigenvalue weighted by Gasteiger charge is -2.22. The first kappa shape index (κ1) is 25.7. The van der Waals surface area contributed by atoms with Gasteiger partial charge in [0, 0.05) is 32.5 Å². The zero-order valence-corrected chi connectivity index (χ0v) is 21.6. The Hall–Kier alpha value is -4.37. The van der Waals surface area contributed by atoms with Gasteiger partial charge in [-0.25, -0.2) is 13.4 Å². The molecule has 0 atom stereocenters. The zero-order chi connectivity index (χ0) is 26.6. The number of nitrogens with zero attached hydrogens (tertiary/aromatic N) is 6. The predicted molar refractivity (Wildman–Crippen MR) is 138 cm³/mol. The van der Waals surface area contributed by atoms with Crippen LogP contribution in [0.1, 0.15) is 24.7 Å². The molecule has 0 aliphatic rings. The van der Waals surface area contributed by atoms with E-state index in [1.165, 1.54) is 23.0 Å². The molecule has 0 saturated carbocycles. The van der Waals surface area contributed by atoms with Gasteiger partial charge in [0.25, 0.3) is 10.0 Å². The van der Waals surface area contributed by atoms with Crippen LogP contribution >= 0.6 is 0 Å². The summed E-state index contributed by atoms with van der Waals surface area (Å²) in [5.41, 5.74) is 3.06. The number of aromatic nitrogens is 4. The van der Waals surface area contributed by atoms with E-state index in [0.29, 0.717) is 29.1 Å². The fourth-order valence-electron chi connectivity index (χ4n) is 3.87. The summed E-state index contributed by atoms with van der Waals surface area (Å²) in [6, 6.07) is 13.9. The second-order valence-corrected chi connectivity index (χ2v) is 10.1. The number of esters is 1. The minimum atomic E-state index is -4.03. The molecule has 0 aliphatic carbocycles. The number of fused-ring (bicyclic) bond motifs is 1. The number of anilines is 2. The molecule has 4 rings (SSSR count). The maximum atomic E-state index is 13.7. The van der Waals surface area contributed by atoms with Gasteiger partial charge in [0.05, 0.1) is 59.0 Å². The third kappa shape index (κ3) is 5.57. The number of nitriles is 1. The zero-order valence-electron chi connectivity index (χ0n) is 20.7. The molecule has 12 heteroatoms. The number of imidazole rings is 1. The number of rotatable bonds is 10. The lowest BCUT2D eigenvalue weighted by atomic mass is 10.2. The fraction of sp³-hybridized carbons (Fsp3) is 0.280. The van der Waals surface area contributed by atoms with Gasteiger partial charge in [0.15, 0.2) is 0 Å². The Bertz CT molecular complexity index is 1570. The molecule has 37 heavy (non-hydrogen) atoms. The average Bonchev–Trinajstić information content (AvgIpc) is 3.45. The van der Waals surface area contributed by atoms with Crippen LogP contribution in [-0.4, -0.2) is 46.9 Å². The van der Waals surface area contributed by atoms with Crippen molar-refractivity contribution in [1.29, 1.82) is 5.26 Å². The molecule has 4 aromatic rings. The second kappa shape index (κ2) is 10.7. The predicted octanol–water partition coefficient (Wildman–Crippen LogP) is 2.94. The number of carbonyl (C=O) groups excluding carboxylic acids is 1. The topological polar surface area (TPSA) is 135 Å². The van der Waals surface area contributed by atoms with Crippen molar-refractivity contribution in [3.8, 4) is 6.07 Å². The van der Waals surface area contributed by atoms with Gasteiger partial charge in [-0.05, 0) is 49.4 Å². The van der Waals surface area contributed by atoms with Gasteiger partial charge in [0.1, 0.15) is 5.82 Å². The summed E-state index contributed by atoms with van der Waals surface area (Å²) in [6.07, 6.45) is 2.92. The van der Waals surface area contributed by atoms with Crippen molar-refractivity contribution >= 4 is 38.4 Å². The van der Waals surface area contributed by atoms with Crippen LogP contribution in [0.25, 0.3) is 11.0 Å². The highest BCUT2D eigenvalue weighted by atomic mass is 32.2. The minimum absolute atomic E-state index is 0.0532. The number of ether oxygens (including phenoxy) is 1. The van der Waals surface area contributed by atoms with E-state index in [-0.39, 0.29) is 24.5 Å². The fourth-order valence-corrected chi connectivity index (χ4v) is 5.33. The number of benzene rings is 2. The molecule has 0 aliphatic heterocycles. The first-order valence-corrected chi connectivity index (χ1v) is 13.0. The van der Waals surface area contributed by atoms with E-state index in [1.807, 2.05) is 23.7 Å². The molecule has 0 spiro atoms. The van der Waals surface area contributed by atoms with Crippen LogP contribution in [0.5, 0.6) is 0 Å². The highest BCUT2D eigenvalue weighted by Gasteiger charge is 2.27. The van der Waals surface area contributed by atoms with Crippen molar-refractivity contribution < 1.29 is 17.9 Å². The Balaban J connectivity index is 1.61. The SMILES string of the molecule is CCOC(=O)CCN(c1cnn(C)c1)S(=O)(=O)c1ccc2c(c1)nc(CNc1ccc(C#N)cc1)n2C. The Labute approximate surface area is 214 Å². The highest BCUT2D eigenvalue weighted by molar-refractivity contribution is 7.92. The largest absolute Gasteiger partial charge is 0.466 e. The lowest BCUT2D eigenvalue weighted by Crippen LogP contribution is -2.33. The summed E-state index contributed by atoms with van der Waals surface area (Å²) >= 11 is 0. The Morgan fingerprint density at radius 3 is 2.59 bits per heavy atom. The summed E-state index contributed by atoms with van der Waals surface area (Å²) in [5.74, 6) is 0.228. The molecule has 0 unspecified atom stereocenters. The number of aryl methyl sites for hydroxylation is 2. The van der Waals surface area contributed by atoms with E-state index in [4.69, 9.17) is 10.00 Å². The van der Waals surface area contributed by atoms with Crippen molar-refractivity contribution in [3.05, 3.63) is 66.2 Å². The van der Waals surface area contributed by atoms with Crippen LogP contribution in [0.15, 0.2) is 59.8 Å². The number of hydrogen-bond acceptors (Lipinski definition) is 8. The molecule has 0 amide bonds. The molecule has 1 N–H and O–H groups in total. The first-order valence-electron chi connectivity index (χ1n) is 11.6. The molecule has 0 bridgehead atoms. The third-order valence-electron chi connectivity index (χ3n) is 5.80. The Kier molecular flexibility index (Phi) is 7.45. The standard InChI is InChI=1S/C25H27N7O4S/c1-4-36-25(33)11-12-32(20-15-28-30(2)17-20)37(34,35)21-9-10-23-22(13-21)29-24(31(23)3)16-27-19-7-5-18(14-26)6-8-19/h5-10,13,15,17,27H,4,11-12,16H2,1-3H3. The molecule has 2 aromatic carbocycles. The van der Waals surface area contributed by atoms with Crippen molar-refractivity contribution in [2.24, 2.45) is 14.1 Å². The van der Waals surface area contributed by atoms with Gasteiger partial charge in [-0.1, -0.05) is 0 Å². The van der Waals surface area contributed by atoms with E-state index in [9.17, 15) is 13.2 Å². The second-order valence-electron chi connectivity index (χ2n) is 8.28. The van der Waals surface area contributed by atoms with Gasteiger partial charge in [-0.3, -0.25) is 13.8 Å². The molecule has 192 valence electrons. The van der Waals surface area contributed by atoms with Crippen LogP contribution in [0.2, 0.25) is 0 Å². The molecule has 0 radical (unpaired) electrons. The van der Waals surface area contributed by atoms with Crippen LogP contribution in [0.4, 0.5) is 11.4 Å². The van der Waals surface area contributed by atoms with Crippen molar-refractivity contribution in [1.82, 2.24) is 19.3 Å². The van der Waals surface area contributed by atoms with Crippen molar-refractivity contribution in [3.63, 3.8) is 0 Å². The summed E-state index contributed by atoms with van der Waals surface area (Å²) < 4.78 is 36.9. The van der Waals surface area contributed by atoms with E-state index in [2.05, 4.69) is 21.5 Å². The monoisotopic (exact) mass is 521 g/mol. The normalized spacial score (nSPS) is 11.3. The van der Waals surface area contributed by atoms with Crippen LogP contribution in [0.3, 0.4) is 0 Å². The number of carbonyl (C=O) groups is 1. The third-order valence-corrected chi connectivity index (χ3v) is 7.62. The lowest BCUT2D eigenvalue weighted by molar-refractivity contribution is -0.142. The van der Waals surface area contributed by atoms with Crippen molar-refractivity contribution in [2.45, 2.75) is 24.8 Å². The molecule has 0 saturated heterocycles. The number of hydrogen-bond donors (Lipinski definition) is 1. The van der Waals surface area contributed by atoms with Crippen LogP contribution < -0.4 is 9.62 Å². The average molecular weight is 522 g/mol. The van der Waals surface area contributed by atoms with E-state index in [1.54, 1.807) is 38.4 Å². The molecular formula is C25H27N7O4S. The number of sulfonamides is 1. The smallest absolute Gasteiger partial charge is 0.307 e. The van der Waals surface area contributed by atoms with Gasteiger partial charge in [-0.15, -0.1) is 0 Å². The van der Waals surface area contributed by atoms with Crippen molar-refractivity contribution in [2.75, 3.05) is 22.8 Å². The first-order chi connectivity index (χ1) is 17.7. The minimum Gasteiger partial charge on any atom is -0.466 e. The van der Waals surface area contributed by atoms with Crippen LogP contribution in [0, 0.1) is 11.3 Å². The van der Waals surface area contributed by atoms with E-state index >= 15 is 0 Å².